The molecule has 0 unspecified atom stereocenters. The van der Waals surface area contributed by atoms with Crippen LogP contribution in [0.2, 0.25) is 0 Å². The van der Waals surface area contributed by atoms with E-state index in [0.29, 0.717) is 23.5 Å². The third-order valence-corrected chi connectivity index (χ3v) is 5.59. The van der Waals surface area contributed by atoms with Crippen molar-refractivity contribution in [3.63, 3.8) is 0 Å². The number of aliphatic hydroxyl groups is 1. The van der Waals surface area contributed by atoms with Crippen molar-refractivity contribution in [2.24, 2.45) is 0 Å². The fourth-order valence-corrected chi connectivity index (χ4v) is 3.94. The lowest BCUT2D eigenvalue weighted by Gasteiger charge is -2.25. The Kier molecular flexibility index (Phi) is 6.54. The zero-order chi connectivity index (χ0) is 23.4. The lowest BCUT2D eigenvalue weighted by Crippen LogP contribution is -2.29. The van der Waals surface area contributed by atoms with Gasteiger partial charge in [0.15, 0.2) is 0 Å². The Morgan fingerprint density at radius 2 is 1.88 bits per heavy atom. The monoisotopic (exact) mass is 442 g/mol. The van der Waals surface area contributed by atoms with E-state index in [2.05, 4.69) is 4.98 Å². The number of carbonyl (C=O) groups excluding carboxylic acids is 2. The van der Waals surface area contributed by atoms with E-state index in [1.54, 1.807) is 30.6 Å². The molecule has 1 aliphatic rings. The molecule has 1 amide bonds. The molecule has 0 spiro atoms. The number of pyridine rings is 1. The average molecular weight is 443 g/mol. The molecule has 1 aromatic heterocycles. The van der Waals surface area contributed by atoms with Crippen LogP contribution in [-0.2, 0) is 16.1 Å². The van der Waals surface area contributed by atoms with Gasteiger partial charge in [0, 0.05) is 24.5 Å². The number of aryl methyl sites for hydroxylation is 1. The normalized spacial score (nSPS) is 17.4. The van der Waals surface area contributed by atoms with Crippen LogP contribution in [0.3, 0.4) is 0 Å². The molecule has 1 atom stereocenters. The average Bonchev–Trinajstić information content (AvgIpc) is 3.08. The summed E-state index contributed by atoms with van der Waals surface area (Å²) < 4.78 is 5.78. The first-order chi connectivity index (χ1) is 16.0. The second-order valence-corrected chi connectivity index (χ2v) is 8.08. The van der Waals surface area contributed by atoms with Crippen LogP contribution >= 0.6 is 0 Å². The first-order valence-corrected chi connectivity index (χ1v) is 11.0. The van der Waals surface area contributed by atoms with Gasteiger partial charge in [-0.3, -0.25) is 14.6 Å². The smallest absolute Gasteiger partial charge is 0.295 e. The highest BCUT2D eigenvalue weighted by atomic mass is 16.5. The van der Waals surface area contributed by atoms with E-state index < -0.39 is 17.7 Å². The standard InChI is InChI=1S/C27H26N2O4/c1-3-14-33-22-8-4-7-21(15-22)24-23(25(30)20-11-9-18(2)10-12-20)26(31)27(32)29(24)17-19-6-5-13-28-16-19/h4-13,15-16,24,30H,3,14,17H2,1-2H3/t24-/m0/s1. The predicted octanol–water partition coefficient (Wildman–Crippen LogP) is 4.80. The highest BCUT2D eigenvalue weighted by Crippen LogP contribution is 2.41. The van der Waals surface area contributed by atoms with Gasteiger partial charge in [-0.15, -0.1) is 0 Å². The van der Waals surface area contributed by atoms with E-state index in [4.69, 9.17) is 4.74 Å². The number of carbonyl (C=O) groups is 2. The van der Waals surface area contributed by atoms with E-state index in [1.807, 2.05) is 56.3 Å². The van der Waals surface area contributed by atoms with Gasteiger partial charge >= 0.3 is 0 Å². The van der Waals surface area contributed by atoms with E-state index in [1.165, 1.54) is 4.90 Å². The topological polar surface area (TPSA) is 79.7 Å². The SMILES string of the molecule is CCCOc1cccc([C@H]2C(=C(O)c3ccc(C)cc3)C(=O)C(=O)N2Cc2cccnc2)c1. The molecule has 0 saturated carbocycles. The van der Waals surface area contributed by atoms with Crippen LogP contribution in [0.1, 0.15) is 41.6 Å². The van der Waals surface area contributed by atoms with Gasteiger partial charge in [0.05, 0.1) is 18.2 Å². The molecule has 1 fully saturated rings. The van der Waals surface area contributed by atoms with Crippen molar-refractivity contribution in [1.82, 2.24) is 9.88 Å². The molecule has 168 valence electrons. The van der Waals surface area contributed by atoms with Crippen LogP contribution < -0.4 is 4.74 Å². The molecule has 0 radical (unpaired) electrons. The van der Waals surface area contributed by atoms with Crippen molar-refractivity contribution >= 4 is 17.4 Å². The Balaban J connectivity index is 1.84. The minimum atomic E-state index is -0.753. The number of ketones is 1. The zero-order valence-corrected chi connectivity index (χ0v) is 18.7. The maximum Gasteiger partial charge on any atom is 0.295 e. The van der Waals surface area contributed by atoms with Crippen LogP contribution in [0.25, 0.3) is 5.76 Å². The van der Waals surface area contributed by atoms with Gasteiger partial charge in [-0.2, -0.15) is 0 Å². The van der Waals surface area contributed by atoms with Gasteiger partial charge in [-0.25, -0.2) is 0 Å². The third-order valence-electron chi connectivity index (χ3n) is 5.59. The van der Waals surface area contributed by atoms with E-state index in [9.17, 15) is 14.7 Å². The Labute approximate surface area is 193 Å². The lowest BCUT2D eigenvalue weighted by molar-refractivity contribution is -0.140. The number of benzene rings is 2. The van der Waals surface area contributed by atoms with Crippen molar-refractivity contribution in [3.05, 3.63) is 101 Å². The molecule has 6 heteroatoms. The summed E-state index contributed by atoms with van der Waals surface area (Å²) in [6.45, 7) is 4.71. The summed E-state index contributed by atoms with van der Waals surface area (Å²) in [5.74, 6) is -0.900. The Morgan fingerprint density at radius 3 is 2.58 bits per heavy atom. The number of hydrogen-bond donors (Lipinski definition) is 1. The second kappa shape index (κ2) is 9.69. The number of amides is 1. The summed E-state index contributed by atoms with van der Waals surface area (Å²) in [6, 6.07) is 17.4. The highest BCUT2D eigenvalue weighted by molar-refractivity contribution is 6.46. The van der Waals surface area contributed by atoms with Gasteiger partial charge < -0.3 is 14.7 Å². The Morgan fingerprint density at radius 1 is 1.09 bits per heavy atom. The highest BCUT2D eigenvalue weighted by Gasteiger charge is 2.46. The summed E-state index contributed by atoms with van der Waals surface area (Å²) in [4.78, 5) is 31.9. The van der Waals surface area contributed by atoms with E-state index in [-0.39, 0.29) is 17.9 Å². The maximum absolute atomic E-state index is 13.2. The first kappa shape index (κ1) is 22.3. The Bertz CT molecular complexity index is 1190. The van der Waals surface area contributed by atoms with Crippen LogP contribution in [-0.4, -0.2) is 33.3 Å². The quantitative estimate of drug-likeness (QED) is 0.323. The molecule has 33 heavy (non-hydrogen) atoms. The van der Waals surface area contributed by atoms with Crippen LogP contribution in [0.4, 0.5) is 0 Å². The van der Waals surface area contributed by atoms with Crippen molar-refractivity contribution < 1.29 is 19.4 Å². The Hall–Kier alpha value is -3.93. The molecule has 0 aliphatic carbocycles. The molecule has 3 aromatic rings. The maximum atomic E-state index is 13.2. The number of rotatable bonds is 7. The molecule has 1 aliphatic heterocycles. The third kappa shape index (κ3) is 4.65. The summed E-state index contributed by atoms with van der Waals surface area (Å²) in [5.41, 5.74) is 3.07. The molecular weight excluding hydrogens is 416 g/mol. The summed E-state index contributed by atoms with van der Waals surface area (Å²) >= 11 is 0. The number of nitrogens with zero attached hydrogens (tertiary/aromatic N) is 2. The summed E-state index contributed by atoms with van der Waals surface area (Å²) in [5, 5.41) is 11.2. The van der Waals surface area contributed by atoms with Crippen LogP contribution in [0, 0.1) is 6.92 Å². The number of aromatic nitrogens is 1. The molecule has 1 saturated heterocycles. The number of hydrogen-bond acceptors (Lipinski definition) is 5. The molecule has 1 N–H and O–H groups in total. The van der Waals surface area contributed by atoms with Gasteiger partial charge in [-0.1, -0.05) is 55.0 Å². The number of ether oxygens (including phenoxy) is 1. The minimum Gasteiger partial charge on any atom is -0.507 e. The minimum absolute atomic E-state index is 0.0698. The summed E-state index contributed by atoms with van der Waals surface area (Å²) in [7, 11) is 0. The van der Waals surface area contributed by atoms with Gasteiger partial charge in [0.2, 0.25) is 0 Å². The number of likely N-dealkylation sites (tertiary alicyclic amines) is 1. The lowest BCUT2D eigenvalue weighted by atomic mass is 9.94. The van der Waals surface area contributed by atoms with Crippen molar-refractivity contribution in [2.45, 2.75) is 32.9 Å². The zero-order valence-electron chi connectivity index (χ0n) is 18.7. The molecule has 0 bridgehead atoms. The molecule has 2 heterocycles. The van der Waals surface area contributed by atoms with Crippen LogP contribution in [0.5, 0.6) is 5.75 Å². The van der Waals surface area contributed by atoms with Crippen molar-refractivity contribution in [3.8, 4) is 5.75 Å². The van der Waals surface area contributed by atoms with Gasteiger partial charge in [0.25, 0.3) is 11.7 Å². The van der Waals surface area contributed by atoms with Crippen molar-refractivity contribution in [1.29, 1.82) is 0 Å². The van der Waals surface area contributed by atoms with E-state index in [0.717, 1.165) is 17.5 Å². The molecule has 2 aromatic carbocycles. The van der Waals surface area contributed by atoms with Gasteiger partial charge in [-0.05, 0) is 42.7 Å². The molecule has 4 rings (SSSR count). The number of Topliss-reactive ketones (excluding diaryl/α,β-unsaturated/α-hetero) is 1. The fraction of sp³-hybridized carbons (Fsp3) is 0.222. The first-order valence-electron chi connectivity index (χ1n) is 11.0. The van der Waals surface area contributed by atoms with Crippen LogP contribution in [0.15, 0.2) is 78.6 Å². The van der Waals surface area contributed by atoms with Gasteiger partial charge in [0.1, 0.15) is 11.5 Å². The summed E-state index contributed by atoms with van der Waals surface area (Å²) in [6.07, 6.45) is 4.18. The van der Waals surface area contributed by atoms with E-state index >= 15 is 0 Å². The van der Waals surface area contributed by atoms with Crippen molar-refractivity contribution in [2.75, 3.05) is 6.61 Å². The largest absolute Gasteiger partial charge is 0.507 e. The number of aliphatic hydroxyl groups excluding tert-OH is 1. The fourth-order valence-electron chi connectivity index (χ4n) is 3.94. The molecule has 6 nitrogen and oxygen atoms in total. The predicted molar refractivity (Wildman–Crippen MR) is 125 cm³/mol. The molecular formula is C27H26N2O4. The second-order valence-electron chi connectivity index (χ2n) is 8.08.